The van der Waals surface area contributed by atoms with E-state index in [0.29, 0.717) is 6.54 Å². The highest BCUT2D eigenvalue weighted by molar-refractivity contribution is 7.13. The number of rotatable bonds is 5. The van der Waals surface area contributed by atoms with Crippen molar-refractivity contribution in [1.82, 2.24) is 15.2 Å². The topological polar surface area (TPSA) is 57.3 Å². The summed E-state index contributed by atoms with van der Waals surface area (Å²) < 4.78 is 37.5. The van der Waals surface area contributed by atoms with E-state index >= 15 is 0 Å². The first-order valence-corrected chi connectivity index (χ1v) is 8.35. The van der Waals surface area contributed by atoms with Crippen LogP contribution in [0.5, 0.6) is 0 Å². The summed E-state index contributed by atoms with van der Waals surface area (Å²) in [7, 11) is 3.78. The number of hydrogen-bond donors (Lipinski definition) is 2. The zero-order chi connectivity index (χ0) is 18.6. The molecular weight excluding hydrogens is 353 g/mol. The Morgan fingerprint density at radius 2 is 1.92 bits per heavy atom. The lowest BCUT2D eigenvalue weighted by molar-refractivity contribution is -0.140. The van der Waals surface area contributed by atoms with Crippen LogP contribution in [0.3, 0.4) is 0 Å². The van der Waals surface area contributed by atoms with Crippen molar-refractivity contribution in [1.29, 1.82) is 0 Å². The number of carbonyl (C=O) groups is 1. The second kappa shape index (κ2) is 7.83. The molecule has 5 nitrogen and oxygen atoms in total. The highest BCUT2D eigenvalue weighted by Crippen LogP contribution is 2.31. The number of likely N-dealkylation sites (N-methyl/N-ethyl adjacent to an activating group) is 1. The van der Waals surface area contributed by atoms with Crippen molar-refractivity contribution < 1.29 is 18.0 Å². The molecule has 2 amide bonds. The molecule has 1 atom stereocenters. The second-order valence-electron chi connectivity index (χ2n) is 5.76. The van der Waals surface area contributed by atoms with E-state index in [1.54, 1.807) is 0 Å². The maximum atomic E-state index is 12.5. The van der Waals surface area contributed by atoms with Crippen molar-refractivity contribution in [3.8, 4) is 0 Å². The van der Waals surface area contributed by atoms with Gasteiger partial charge in [0.15, 0.2) is 10.8 Å². The van der Waals surface area contributed by atoms with Gasteiger partial charge < -0.3 is 10.2 Å². The predicted molar refractivity (Wildman–Crippen MR) is 91.7 cm³/mol. The summed E-state index contributed by atoms with van der Waals surface area (Å²) in [5, 5.41) is 5.77. The second-order valence-corrected chi connectivity index (χ2v) is 6.62. The van der Waals surface area contributed by atoms with Crippen LogP contribution in [-0.2, 0) is 6.18 Å². The van der Waals surface area contributed by atoms with Crippen LogP contribution in [0.1, 0.15) is 22.9 Å². The summed E-state index contributed by atoms with van der Waals surface area (Å²) in [5.74, 6) is 0. The van der Waals surface area contributed by atoms with Crippen LogP contribution >= 0.6 is 11.3 Å². The number of carbonyl (C=O) groups excluding carboxylic acids is 1. The lowest BCUT2D eigenvalue weighted by atomic mass is 10.0. The highest BCUT2D eigenvalue weighted by Gasteiger charge is 2.33. The fourth-order valence-electron chi connectivity index (χ4n) is 2.18. The monoisotopic (exact) mass is 372 g/mol. The minimum absolute atomic E-state index is 0.0617. The Bertz CT molecular complexity index is 713. The van der Waals surface area contributed by atoms with Crippen LogP contribution in [0.2, 0.25) is 0 Å². The van der Waals surface area contributed by atoms with E-state index in [1.165, 1.54) is 0 Å². The first-order chi connectivity index (χ1) is 11.7. The van der Waals surface area contributed by atoms with Gasteiger partial charge in [0.05, 0.1) is 6.04 Å². The van der Waals surface area contributed by atoms with Crippen LogP contribution in [0.4, 0.5) is 23.1 Å². The van der Waals surface area contributed by atoms with Gasteiger partial charge in [0.25, 0.3) is 0 Å². The molecule has 0 fully saturated rings. The Kier molecular flexibility index (Phi) is 6.02. The van der Waals surface area contributed by atoms with E-state index in [-0.39, 0.29) is 11.2 Å². The van der Waals surface area contributed by atoms with E-state index in [2.05, 4.69) is 15.6 Å². The summed E-state index contributed by atoms with van der Waals surface area (Å²) in [6.07, 6.45) is -4.52. The number of anilines is 1. The first kappa shape index (κ1) is 19.2. The zero-order valence-corrected chi connectivity index (χ0v) is 14.8. The Morgan fingerprint density at radius 1 is 1.28 bits per heavy atom. The normalized spacial score (nSPS) is 12.9. The number of aromatic nitrogens is 1. The molecule has 2 N–H and O–H groups in total. The number of aryl methyl sites for hydroxylation is 1. The number of hydrogen-bond acceptors (Lipinski definition) is 4. The molecule has 0 aliphatic rings. The van der Waals surface area contributed by atoms with Crippen molar-refractivity contribution in [3.63, 3.8) is 0 Å². The molecule has 25 heavy (non-hydrogen) atoms. The fraction of sp³-hybridized carbons (Fsp3) is 0.375. The minimum Gasteiger partial charge on any atom is -0.336 e. The Labute approximate surface area is 147 Å². The molecule has 0 aliphatic carbocycles. The van der Waals surface area contributed by atoms with Crippen LogP contribution in [-0.4, -0.2) is 36.6 Å². The number of halogens is 3. The average Bonchev–Trinajstić information content (AvgIpc) is 2.97. The summed E-state index contributed by atoms with van der Waals surface area (Å²) in [5.41, 5.74) is 1.15. The van der Waals surface area contributed by atoms with Gasteiger partial charge >= 0.3 is 12.2 Å². The molecule has 2 aromatic rings. The molecule has 0 saturated heterocycles. The fourth-order valence-corrected chi connectivity index (χ4v) is 2.89. The standard InChI is InChI=1S/C16H19F3N4OS/c1-10-4-6-11(7-5-10)12(23(2)3)8-20-14(24)22-15-21-13(9-25-15)16(17,18)19/h4-7,9,12H,8H2,1-3H3,(H2,20,21,22,24)/t12-/m0/s1. The molecule has 1 heterocycles. The lowest BCUT2D eigenvalue weighted by Gasteiger charge is -2.25. The summed E-state index contributed by atoms with van der Waals surface area (Å²) in [6.45, 7) is 2.29. The SMILES string of the molecule is Cc1ccc([C@H](CNC(=O)Nc2nc(C(F)(F)F)cs2)N(C)C)cc1. The van der Waals surface area contributed by atoms with Crippen LogP contribution in [0.15, 0.2) is 29.6 Å². The third-order valence-electron chi connectivity index (χ3n) is 3.56. The third kappa shape index (κ3) is 5.43. The van der Waals surface area contributed by atoms with Crippen molar-refractivity contribution in [2.24, 2.45) is 0 Å². The average molecular weight is 372 g/mol. The minimum atomic E-state index is -4.52. The summed E-state index contributed by atoms with van der Waals surface area (Å²) in [6, 6.07) is 7.28. The highest BCUT2D eigenvalue weighted by atomic mass is 32.1. The van der Waals surface area contributed by atoms with E-state index in [4.69, 9.17) is 0 Å². The number of amides is 2. The van der Waals surface area contributed by atoms with Crippen molar-refractivity contribution in [2.45, 2.75) is 19.1 Å². The predicted octanol–water partition coefficient (Wildman–Crippen LogP) is 3.89. The smallest absolute Gasteiger partial charge is 0.336 e. The molecule has 9 heteroatoms. The first-order valence-electron chi connectivity index (χ1n) is 7.47. The van der Waals surface area contributed by atoms with E-state index in [0.717, 1.165) is 27.8 Å². The van der Waals surface area contributed by atoms with Gasteiger partial charge in [0, 0.05) is 11.9 Å². The third-order valence-corrected chi connectivity index (χ3v) is 4.31. The van der Waals surface area contributed by atoms with Gasteiger partial charge in [-0.1, -0.05) is 29.8 Å². The lowest BCUT2D eigenvalue weighted by Crippen LogP contribution is -2.36. The van der Waals surface area contributed by atoms with Gasteiger partial charge in [-0.05, 0) is 26.6 Å². The molecule has 0 saturated carbocycles. The van der Waals surface area contributed by atoms with E-state index in [1.807, 2.05) is 50.2 Å². The van der Waals surface area contributed by atoms with Crippen molar-refractivity contribution in [2.75, 3.05) is 26.0 Å². The van der Waals surface area contributed by atoms with Gasteiger partial charge in [-0.3, -0.25) is 5.32 Å². The molecular formula is C16H19F3N4OS. The van der Waals surface area contributed by atoms with Gasteiger partial charge in [0.1, 0.15) is 0 Å². The Hall–Kier alpha value is -2.13. The van der Waals surface area contributed by atoms with Gasteiger partial charge in [0.2, 0.25) is 0 Å². The van der Waals surface area contributed by atoms with Gasteiger partial charge in [-0.2, -0.15) is 13.2 Å². The van der Waals surface area contributed by atoms with Gasteiger partial charge in [-0.25, -0.2) is 9.78 Å². The molecule has 136 valence electrons. The molecule has 0 aliphatic heterocycles. The molecule has 0 radical (unpaired) electrons. The summed E-state index contributed by atoms with van der Waals surface area (Å²) >= 11 is 0.730. The molecule has 0 spiro atoms. The maximum absolute atomic E-state index is 12.5. The number of nitrogens with one attached hydrogen (secondary N) is 2. The van der Waals surface area contributed by atoms with Crippen molar-refractivity contribution in [3.05, 3.63) is 46.5 Å². The van der Waals surface area contributed by atoms with Crippen LogP contribution < -0.4 is 10.6 Å². The Balaban J connectivity index is 1.95. The summed E-state index contributed by atoms with van der Waals surface area (Å²) in [4.78, 5) is 17.2. The number of urea groups is 1. The number of alkyl halides is 3. The van der Waals surface area contributed by atoms with E-state index in [9.17, 15) is 18.0 Å². The van der Waals surface area contributed by atoms with Crippen LogP contribution in [0.25, 0.3) is 0 Å². The molecule has 1 aromatic heterocycles. The molecule has 1 aromatic carbocycles. The van der Waals surface area contributed by atoms with Gasteiger partial charge in [-0.15, -0.1) is 11.3 Å². The zero-order valence-electron chi connectivity index (χ0n) is 14.0. The number of thiazole rings is 1. The van der Waals surface area contributed by atoms with E-state index < -0.39 is 17.9 Å². The molecule has 2 rings (SSSR count). The quantitative estimate of drug-likeness (QED) is 0.837. The largest absolute Gasteiger partial charge is 0.434 e. The number of benzene rings is 1. The van der Waals surface area contributed by atoms with Crippen molar-refractivity contribution >= 4 is 22.5 Å². The van der Waals surface area contributed by atoms with Crippen LogP contribution in [0, 0.1) is 6.92 Å². The molecule has 0 unspecified atom stereocenters. The molecule has 0 bridgehead atoms. The number of nitrogens with zero attached hydrogens (tertiary/aromatic N) is 2. The maximum Gasteiger partial charge on any atom is 0.434 e. The Morgan fingerprint density at radius 3 is 2.44 bits per heavy atom.